The van der Waals surface area contributed by atoms with Gasteiger partial charge in [0.2, 0.25) is 0 Å². The monoisotopic (exact) mass is 231 g/mol. The average molecular weight is 231 g/mol. The highest BCUT2D eigenvalue weighted by molar-refractivity contribution is 5.69. The van der Waals surface area contributed by atoms with Crippen LogP contribution < -0.4 is 0 Å². The number of ether oxygens (including phenoxy) is 2. The third-order valence-electron chi connectivity index (χ3n) is 2.38. The second-order valence-corrected chi connectivity index (χ2v) is 5.13. The predicted molar refractivity (Wildman–Crippen MR) is 59.2 cm³/mol. The van der Waals surface area contributed by atoms with Crippen molar-refractivity contribution in [3.8, 4) is 0 Å². The number of rotatable bonds is 2. The molecule has 16 heavy (non-hydrogen) atoms. The molecule has 0 aromatic heterocycles. The number of amides is 1. The molecule has 1 saturated heterocycles. The number of nitrogens with zero attached hydrogens (tertiary/aromatic N) is 1. The molecule has 0 spiro atoms. The molecule has 0 aromatic carbocycles. The van der Waals surface area contributed by atoms with Gasteiger partial charge >= 0.3 is 6.09 Å². The van der Waals surface area contributed by atoms with Gasteiger partial charge in [-0.25, -0.2) is 4.79 Å². The summed E-state index contributed by atoms with van der Waals surface area (Å²) in [7, 11) is 1.58. The molecule has 1 fully saturated rings. The molecule has 1 unspecified atom stereocenters. The zero-order valence-electron chi connectivity index (χ0n) is 10.4. The first kappa shape index (κ1) is 13.3. The highest BCUT2D eigenvalue weighted by Gasteiger charge is 2.36. The molecule has 0 radical (unpaired) electrons. The number of carbonyl (C=O) groups excluding carboxylic acids is 1. The lowest BCUT2D eigenvalue weighted by atomic mass is 10.2. The van der Waals surface area contributed by atoms with E-state index < -0.39 is 11.7 Å². The van der Waals surface area contributed by atoms with Crippen LogP contribution >= 0.6 is 0 Å². The summed E-state index contributed by atoms with van der Waals surface area (Å²) >= 11 is 0. The third-order valence-corrected chi connectivity index (χ3v) is 2.38. The molecule has 5 heteroatoms. The Labute approximate surface area is 96.3 Å². The topological polar surface area (TPSA) is 59.0 Å². The van der Waals surface area contributed by atoms with Crippen molar-refractivity contribution in [2.45, 2.75) is 44.9 Å². The zero-order chi connectivity index (χ0) is 12.3. The molecule has 1 aliphatic rings. The van der Waals surface area contributed by atoms with Gasteiger partial charge in [-0.1, -0.05) is 0 Å². The summed E-state index contributed by atoms with van der Waals surface area (Å²) < 4.78 is 10.3. The van der Waals surface area contributed by atoms with Gasteiger partial charge in [0.05, 0.1) is 25.3 Å². The Morgan fingerprint density at radius 2 is 2.12 bits per heavy atom. The lowest BCUT2D eigenvalue weighted by Gasteiger charge is -2.28. The first-order chi connectivity index (χ1) is 7.33. The van der Waals surface area contributed by atoms with Crippen molar-refractivity contribution in [2.24, 2.45) is 0 Å². The molecule has 1 heterocycles. The summed E-state index contributed by atoms with van der Waals surface area (Å²) in [5.74, 6) is 0. The lowest BCUT2D eigenvalue weighted by molar-refractivity contribution is 0.0137. The Hall–Kier alpha value is -0.810. The van der Waals surface area contributed by atoms with Crippen LogP contribution in [0.2, 0.25) is 0 Å². The van der Waals surface area contributed by atoms with E-state index in [0.29, 0.717) is 19.6 Å². The van der Waals surface area contributed by atoms with Gasteiger partial charge in [-0.05, 0) is 27.2 Å². The fourth-order valence-corrected chi connectivity index (χ4v) is 1.79. The molecule has 1 aliphatic heterocycles. The van der Waals surface area contributed by atoms with E-state index in [9.17, 15) is 9.90 Å². The van der Waals surface area contributed by atoms with Crippen molar-refractivity contribution < 1.29 is 19.4 Å². The summed E-state index contributed by atoms with van der Waals surface area (Å²) in [6.45, 7) is 6.22. The minimum atomic E-state index is -0.512. The van der Waals surface area contributed by atoms with E-state index in [2.05, 4.69) is 0 Å². The number of hydrogen-bond donors (Lipinski definition) is 1. The fraction of sp³-hybridized carbons (Fsp3) is 0.909. The number of methoxy groups -OCH3 is 1. The van der Waals surface area contributed by atoms with Crippen LogP contribution in [-0.2, 0) is 9.47 Å². The molecule has 1 amide bonds. The normalized spacial score (nSPS) is 25.9. The maximum absolute atomic E-state index is 11.8. The van der Waals surface area contributed by atoms with Gasteiger partial charge in [-0.2, -0.15) is 0 Å². The van der Waals surface area contributed by atoms with Gasteiger partial charge < -0.3 is 19.5 Å². The molecule has 0 saturated carbocycles. The maximum Gasteiger partial charge on any atom is 0.410 e. The van der Waals surface area contributed by atoms with Gasteiger partial charge in [0.1, 0.15) is 5.60 Å². The summed E-state index contributed by atoms with van der Waals surface area (Å²) in [5, 5.41) is 9.54. The third kappa shape index (κ3) is 3.64. The molecule has 5 nitrogen and oxygen atoms in total. The van der Waals surface area contributed by atoms with Crippen LogP contribution in [0.5, 0.6) is 0 Å². The van der Waals surface area contributed by atoms with Crippen molar-refractivity contribution in [3.05, 3.63) is 0 Å². The molecule has 0 bridgehead atoms. The van der Waals surface area contributed by atoms with E-state index in [1.54, 1.807) is 12.0 Å². The van der Waals surface area contributed by atoms with Gasteiger partial charge in [0.15, 0.2) is 0 Å². The van der Waals surface area contributed by atoms with Crippen molar-refractivity contribution >= 4 is 6.09 Å². The van der Waals surface area contributed by atoms with Crippen LogP contribution in [0.1, 0.15) is 27.2 Å². The number of hydrogen-bond acceptors (Lipinski definition) is 4. The van der Waals surface area contributed by atoms with E-state index in [1.165, 1.54) is 0 Å². The Morgan fingerprint density at radius 3 is 2.62 bits per heavy atom. The average Bonchev–Trinajstić information content (AvgIpc) is 2.44. The summed E-state index contributed by atoms with van der Waals surface area (Å²) in [5.41, 5.74) is -0.512. The van der Waals surface area contributed by atoms with Gasteiger partial charge in [-0.15, -0.1) is 0 Å². The minimum Gasteiger partial charge on any atom is -0.444 e. The summed E-state index contributed by atoms with van der Waals surface area (Å²) in [6, 6.07) is -0.0881. The standard InChI is InChI=1S/C11H21NO4/c1-11(2,3)16-10(14)12-6-9(13)5-8(12)7-15-4/h8-9,13H,5-7H2,1-4H3/t8-,9?/m1/s1. The van der Waals surface area contributed by atoms with Gasteiger partial charge in [0, 0.05) is 7.11 Å². The first-order valence-corrected chi connectivity index (χ1v) is 5.50. The Balaban J connectivity index is 2.59. The van der Waals surface area contributed by atoms with E-state index >= 15 is 0 Å². The largest absolute Gasteiger partial charge is 0.444 e. The minimum absolute atomic E-state index is 0.0881. The fourth-order valence-electron chi connectivity index (χ4n) is 1.79. The highest BCUT2D eigenvalue weighted by atomic mass is 16.6. The van der Waals surface area contributed by atoms with Crippen LogP contribution in [0, 0.1) is 0 Å². The molecule has 0 aromatic rings. The van der Waals surface area contributed by atoms with E-state index in [-0.39, 0.29) is 12.1 Å². The number of β-amino-alcohol motifs (C(OH)–C–C–N with tert-alkyl or cyclic N) is 1. The zero-order valence-corrected chi connectivity index (χ0v) is 10.4. The predicted octanol–water partition coefficient (Wildman–Crippen LogP) is 1.00. The molecular formula is C11H21NO4. The van der Waals surface area contributed by atoms with Crippen molar-refractivity contribution in [1.82, 2.24) is 4.90 Å². The van der Waals surface area contributed by atoms with E-state index in [1.807, 2.05) is 20.8 Å². The van der Waals surface area contributed by atoms with Crippen LogP contribution in [0.4, 0.5) is 4.79 Å². The quantitative estimate of drug-likeness (QED) is 0.770. The first-order valence-electron chi connectivity index (χ1n) is 5.50. The van der Waals surface area contributed by atoms with Crippen molar-refractivity contribution in [3.63, 3.8) is 0 Å². The van der Waals surface area contributed by atoms with Gasteiger partial charge in [-0.3, -0.25) is 0 Å². The SMILES string of the molecule is COC[C@H]1CC(O)CN1C(=O)OC(C)(C)C. The Bertz CT molecular complexity index is 249. The van der Waals surface area contributed by atoms with Crippen molar-refractivity contribution in [2.75, 3.05) is 20.3 Å². The van der Waals surface area contributed by atoms with Crippen LogP contribution in [0.3, 0.4) is 0 Å². The second kappa shape index (κ2) is 5.01. The maximum atomic E-state index is 11.8. The smallest absolute Gasteiger partial charge is 0.410 e. The molecular weight excluding hydrogens is 210 g/mol. The van der Waals surface area contributed by atoms with E-state index in [0.717, 1.165) is 0 Å². The highest BCUT2D eigenvalue weighted by Crippen LogP contribution is 2.21. The Morgan fingerprint density at radius 1 is 1.50 bits per heavy atom. The molecule has 1 N–H and O–H groups in total. The van der Waals surface area contributed by atoms with Crippen LogP contribution in [0.15, 0.2) is 0 Å². The summed E-state index contributed by atoms with van der Waals surface area (Å²) in [6.07, 6.45) is -0.314. The number of likely N-dealkylation sites (tertiary alicyclic amines) is 1. The molecule has 2 atom stereocenters. The molecule has 94 valence electrons. The van der Waals surface area contributed by atoms with Crippen molar-refractivity contribution in [1.29, 1.82) is 0 Å². The van der Waals surface area contributed by atoms with Gasteiger partial charge in [0.25, 0.3) is 0 Å². The number of aliphatic hydroxyl groups excluding tert-OH is 1. The number of aliphatic hydroxyl groups is 1. The van der Waals surface area contributed by atoms with Crippen LogP contribution in [0.25, 0.3) is 0 Å². The molecule has 0 aliphatic carbocycles. The Kier molecular flexibility index (Phi) is 4.15. The van der Waals surface area contributed by atoms with E-state index in [4.69, 9.17) is 9.47 Å². The summed E-state index contributed by atoms with van der Waals surface area (Å²) in [4.78, 5) is 13.4. The lowest BCUT2D eigenvalue weighted by Crippen LogP contribution is -2.41. The molecule has 1 rings (SSSR count). The van der Waals surface area contributed by atoms with Crippen LogP contribution in [-0.4, -0.2) is 54.1 Å². The second-order valence-electron chi connectivity index (χ2n) is 5.13. The number of carbonyl (C=O) groups is 1.